The minimum atomic E-state index is 0.175. The van der Waals surface area contributed by atoms with Gasteiger partial charge in [0, 0.05) is 18.0 Å². The summed E-state index contributed by atoms with van der Waals surface area (Å²) in [6, 6.07) is 8.84. The van der Waals surface area contributed by atoms with Crippen molar-refractivity contribution in [2.75, 3.05) is 13.6 Å². The summed E-state index contributed by atoms with van der Waals surface area (Å²) in [5.74, 6) is 0. The molecule has 1 aromatic carbocycles. The molecule has 1 aliphatic rings. The first-order valence-corrected chi connectivity index (χ1v) is 6.15. The molecule has 1 atom stereocenters. The van der Waals surface area contributed by atoms with Crippen molar-refractivity contribution in [3.05, 3.63) is 35.4 Å². The SMILES string of the molecule is CNCC1(C(N)c2ccc(C)cc2)CCC1. The van der Waals surface area contributed by atoms with Gasteiger partial charge in [0.2, 0.25) is 0 Å². The molecule has 2 heteroatoms. The Hall–Kier alpha value is -0.860. The lowest BCUT2D eigenvalue weighted by Crippen LogP contribution is -2.46. The molecule has 16 heavy (non-hydrogen) atoms. The molecule has 2 rings (SSSR count). The molecular weight excluding hydrogens is 196 g/mol. The fourth-order valence-electron chi connectivity index (χ4n) is 2.71. The molecule has 1 saturated carbocycles. The Balaban J connectivity index is 2.16. The number of nitrogens with one attached hydrogen (secondary N) is 1. The zero-order valence-corrected chi connectivity index (χ0v) is 10.3. The molecule has 0 saturated heterocycles. The summed E-state index contributed by atoms with van der Waals surface area (Å²) in [5, 5.41) is 3.29. The molecular formula is C14H22N2. The van der Waals surface area contributed by atoms with Gasteiger partial charge in [0.1, 0.15) is 0 Å². The van der Waals surface area contributed by atoms with Crippen molar-refractivity contribution in [2.24, 2.45) is 11.1 Å². The van der Waals surface area contributed by atoms with E-state index in [1.54, 1.807) is 0 Å². The Labute approximate surface area is 98.2 Å². The average Bonchev–Trinajstić information content (AvgIpc) is 2.23. The third kappa shape index (κ3) is 2.00. The second-order valence-corrected chi connectivity index (χ2v) is 5.13. The van der Waals surface area contributed by atoms with Gasteiger partial charge in [-0.3, -0.25) is 0 Å². The van der Waals surface area contributed by atoms with E-state index in [9.17, 15) is 0 Å². The Kier molecular flexibility index (Phi) is 3.31. The van der Waals surface area contributed by atoms with Crippen molar-refractivity contribution in [1.29, 1.82) is 0 Å². The molecule has 2 nitrogen and oxygen atoms in total. The summed E-state index contributed by atoms with van der Waals surface area (Å²) in [4.78, 5) is 0. The van der Waals surface area contributed by atoms with Crippen LogP contribution in [0.5, 0.6) is 0 Å². The Bertz CT molecular complexity index is 338. The highest BCUT2D eigenvalue weighted by atomic mass is 14.9. The molecule has 0 aliphatic heterocycles. The fraction of sp³-hybridized carbons (Fsp3) is 0.571. The summed E-state index contributed by atoms with van der Waals surface area (Å²) in [6.07, 6.45) is 3.83. The molecule has 1 unspecified atom stereocenters. The van der Waals surface area contributed by atoms with E-state index in [1.165, 1.54) is 30.4 Å². The number of nitrogens with two attached hydrogens (primary N) is 1. The number of hydrogen-bond donors (Lipinski definition) is 2. The topological polar surface area (TPSA) is 38.0 Å². The zero-order chi connectivity index (χ0) is 11.6. The number of benzene rings is 1. The van der Waals surface area contributed by atoms with E-state index in [0.717, 1.165) is 6.54 Å². The predicted octanol–water partition coefficient (Wildman–Crippen LogP) is 2.38. The van der Waals surface area contributed by atoms with Gasteiger partial charge in [0.25, 0.3) is 0 Å². The first-order chi connectivity index (χ1) is 7.68. The van der Waals surface area contributed by atoms with E-state index in [0.29, 0.717) is 5.41 Å². The smallest absolute Gasteiger partial charge is 0.0364 e. The quantitative estimate of drug-likeness (QED) is 0.814. The molecule has 3 N–H and O–H groups in total. The summed E-state index contributed by atoms with van der Waals surface area (Å²) in [5.41, 5.74) is 9.30. The number of rotatable bonds is 4. The van der Waals surface area contributed by atoms with Crippen LogP contribution in [0.2, 0.25) is 0 Å². The van der Waals surface area contributed by atoms with Crippen LogP contribution in [-0.2, 0) is 0 Å². The van der Waals surface area contributed by atoms with Crippen LogP contribution in [0.3, 0.4) is 0 Å². The van der Waals surface area contributed by atoms with E-state index in [1.807, 2.05) is 7.05 Å². The minimum Gasteiger partial charge on any atom is -0.323 e. The molecule has 0 spiro atoms. The van der Waals surface area contributed by atoms with Gasteiger partial charge in [-0.15, -0.1) is 0 Å². The first kappa shape index (κ1) is 11.6. The summed E-state index contributed by atoms with van der Waals surface area (Å²) >= 11 is 0. The van der Waals surface area contributed by atoms with Crippen LogP contribution in [0.15, 0.2) is 24.3 Å². The second kappa shape index (κ2) is 4.56. The lowest BCUT2D eigenvalue weighted by molar-refractivity contribution is 0.0947. The third-order valence-corrected chi connectivity index (χ3v) is 3.97. The maximum Gasteiger partial charge on any atom is 0.0364 e. The van der Waals surface area contributed by atoms with Crippen LogP contribution in [0.4, 0.5) is 0 Å². The highest BCUT2D eigenvalue weighted by molar-refractivity contribution is 5.26. The van der Waals surface area contributed by atoms with E-state index in [4.69, 9.17) is 5.73 Å². The third-order valence-electron chi connectivity index (χ3n) is 3.97. The van der Waals surface area contributed by atoms with Gasteiger partial charge < -0.3 is 11.1 Å². The van der Waals surface area contributed by atoms with Gasteiger partial charge in [-0.1, -0.05) is 36.2 Å². The number of hydrogen-bond acceptors (Lipinski definition) is 2. The molecule has 0 bridgehead atoms. The van der Waals surface area contributed by atoms with Crippen molar-refractivity contribution >= 4 is 0 Å². The number of aryl methyl sites for hydroxylation is 1. The van der Waals surface area contributed by atoms with Crippen molar-refractivity contribution in [2.45, 2.75) is 32.2 Å². The first-order valence-electron chi connectivity index (χ1n) is 6.15. The van der Waals surface area contributed by atoms with Gasteiger partial charge in [-0.25, -0.2) is 0 Å². The molecule has 1 aliphatic carbocycles. The zero-order valence-electron chi connectivity index (χ0n) is 10.3. The molecule has 0 radical (unpaired) electrons. The van der Waals surface area contributed by atoms with Crippen molar-refractivity contribution in [3.63, 3.8) is 0 Å². The predicted molar refractivity (Wildman–Crippen MR) is 68.3 cm³/mol. The lowest BCUT2D eigenvalue weighted by atomic mass is 9.62. The van der Waals surface area contributed by atoms with Gasteiger partial charge in [0.05, 0.1) is 0 Å². The fourth-order valence-corrected chi connectivity index (χ4v) is 2.71. The van der Waals surface area contributed by atoms with Crippen LogP contribution >= 0.6 is 0 Å². The summed E-state index contributed by atoms with van der Waals surface area (Å²) < 4.78 is 0. The monoisotopic (exact) mass is 218 g/mol. The Morgan fingerprint density at radius 3 is 2.38 bits per heavy atom. The molecule has 0 aromatic heterocycles. The molecule has 1 fully saturated rings. The molecule has 0 heterocycles. The second-order valence-electron chi connectivity index (χ2n) is 5.13. The Morgan fingerprint density at radius 1 is 1.31 bits per heavy atom. The maximum atomic E-state index is 6.43. The van der Waals surface area contributed by atoms with E-state index in [2.05, 4.69) is 36.5 Å². The highest BCUT2D eigenvalue weighted by Crippen LogP contribution is 2.48. The highest BCUT2D eigenvalue weighted by Gasteiger charge is 2.42. The van der Waals surface area contributed by atoms with Gasteiger partial charge in [0.15, 0.2) is 0 Å². The molecule has 88 valence electrons. The maximum absolute atomic E-state index is 6.43. The lowest BCUT2D eigenvalue weighted by Gasteiger charge is -2.46. The van der Waals surface area contributed by atoms with Crippen molar-refractivity contribution in [1.82, 2.24) is 5.32 Å². The normalized spacial score (nSPS) is 20.2. The standard InChI is InChI=1S/C14H22N2/c1-11-4-6-12(7-5-11)13(15)14(10-16-2)8-3-9-14/h4-7,13,16H,3,8-10,15H2,1-2H3. The molecule has 0 amide bonds. The van der Waals surface area contributed by atoms with Gasteiger partial charge >= 0.3 is 0 Å². The van der Waals surface area contributed by atoms with E-state index in [-0.39, 0.29) is 6.04 Å². The van der Waals surface area contributed by atoms with Crippen LogP contribution in [0.1, 0.15) is 36.4 Å². The van der Waals surface area contributed by atoms with Crippen LogP contribution in [0.25, 0.3) is 0 Å². The van der Waals surface area contributed by atoms with E-state index < -0.39 is 0 Å². The average molecular weight is 218 g/mol. The molecule has 1 aromatic rings. The summed E-state index contributed by atoms with van der Waals surface area (Å²) in [6.45, 7) is 3.14. The van der Waals surface area contributed by atoms with Gasteiger partial charge in [-0.2, -0.15) is 0 Å². The minimum absolute atomic E-state index is 0.175. The van der Waals surface area contributed by atoms with Gasteiger partial charge in [-0.05, 0) is 32.4 Å². The largest absolute Gasteiger partial charge is 0.323 e. The van der Waals surface area contributed by atoms with Crippen LogP contribution < -0.4 is 11.1 Å². The van der Waals surface area contributed by atoms with Crippen LogP contribution in [0, 0.1) is 12.3 Å². The van der Waals surface area contributed by atoms with Crippen molar-refractivity contribution < 1.29 is 0 Å². The summed E-state index contributed by atoms with van der Waals surface area (Å²) in [7, 11) is 2.02. The van der Waals surface area contributed by atoms with Crippen LogP contribution in [-0.4, -0.2) is 13.6 Å². The van der Waals surface area contributed by atoms with Crippen molar-refractivity contribution in [3.8, 4) is 0 Å². The van der Waals surface area contributed by atoms with E-state index >= 15 is 0 Å². The Morgan fingerprint density at radius 2 is 1.94 bits per heavy atom.